The van der Waals surface area contributed by atoms with E-state index in [2.05, 4.69) is 15.5 Å². The molecule has 1 aliphatic heterocycles. The molecule has 2 amide bonds. The van der Waals surface area contributed by atoms with Gasteiger partial charge in [-0.3, -0.25) is 14.9 Å². The number of anilines is 2. The van der Waals surface area contributed by atoms with Gasteiger partial charge in [0.15, 0.2) is 5.11 Å². The summed E-state index contributed by atoms with van der Waals surface area (Å²) in [6.45, 7) is 4.37. The minimum atomic E-state index is -0.375. The summed E-state index contributed by atoms with van der Waals surface area (Å²) in [5, 5.41) is 6.62. The first-order valence-electron chi connectivity index (χ1n) is 11.1. The van der Waals surface area contributed by atoms with Crippen molar-refractivity contribution in [3.63, 3.8) is 0 Å². The second-order valence-corrected chi connectivity index (χ2v) is 8.84. The zero-order valence-electron chi connectivity index (χ0n) is 19.2. The van der Waals surface area contributed by atoms with Gasteiger partial charge in [-0.15, -0.1) is 0 Å². The number of hydrogen-bond acceptors (Lipinski definition) is 5. The maximum absolute atomic E-state index is 12.4. The highest BCUT2D eigenvalue weighted by molar-refractivity contribution is 7.80. The zero-order valence-corrected chi connectivity index (χ0v) is 20.7. The van der Waals surface area contributed by atoms with Crippen LogP contribution in [-0.4, -0.2) is 48.0 Å². The summed E-state index contributed by atoms with van der Waals surface area (Å²) >= 11 is 11.3. The van der Waals surface area contributed by atoms with Crippen LogP contribution in [0.25, 0.3) is 17.4 Å². The molecular formula is C26H25ClN4O3S. The minimum absolute atomic E-state index is 0.0868. The molecule has 7 nitrogen and oxygen atoms in total. The van der Waals surface area contributed by atoms with E-state index in [1.54, 1.807) is 31.2 Å². The predicted molar refractivity (Wildman–Crippen MR) is 143 cm³/mol. The van der Waals surface area contributed by atoms with Crippen molar-refractivity contribution >= 4 is 58.2 Å². The number of amides is 2. The molecule has 3 aromatic rings. The van der Waals surface area contributed by atoms with Crippen molar-refractivity contribution in [1.82, 2.24) is 10.2 Å². The first-order valence-corrected chi connectivity index (χ1v) is 11.9. The lowest BCUT2D eigenvalue weighted by Crippen LogP contribution is -2.48. The normalized spacial score (nSPS) is 13.7. The second kappa shape index (κ2) is 11.2. The molecule has 1 aliphatic rings. The van der Waals surface area contributed by atoms with Crippen molar-refractivity contribution in [3.8, 4) is 11.3 Å². The third-order valence-electron chi connectivity index (χ3n) is 5.61. The number of nitrogens with one attached hydrogen (secondary N) is 2. The highest BCUT2D eigenvalue weighted by Gasteiger charge is 2.20. The first-order chi connectivity index (χ1) is 16.9. The minimum Gasteiger partial charge on any atom is -0.457 e. The van der Waals surface area contributed by atoms with Gasteiger partial charge in [-0.05, 0) is 66.8 Å². The lowest BCUT2D eigenvalue weighted by atomic mass is 10.2. The molecule has 180 valence electrons. The molecule has 0 atom stereocenters. The largest absolute Gasteiger partial charge is 0.457 e. The van der Waals surface area contributed by atoms with Gasteiger partial charge in [-0.1, -0.05) is 23.7 Å². The van der Waals surface area contributed by atoms with Gasteiger partial charge in [-0.25, -0.2) is 0 Å². The van der Waals surface area contributed by atoms with Crippen LogP contribution in [0.15, 0.2) is 71.2 Å². The van der Waals surface area contributed by atoms with E-state index in [0.717, 1.165) is 30.0 Å². The number of piperazine rings is 1. The number of para-hydroxylation sites is 2. The predicted octanol–water partition coefficient (Wildman–Crippen LogP) is 4.79. The zero-order chi connectivity index (χ0) is 24.8. The molecule has 1 aromatic heterocycles. The lowest BCUT2D eigenvalue weighted by molar-refractivity contribution is -0.129. The third kappa shape index (κ3) is 6.49. The van der Waals surface area contributed by atoms with E-state index in [4.69, 9.17) is 28.2 Å². The van der Waals surface area contributed by atoms with Gasteiger partial charge < -0.3 is 19.5 Å². The summed E-state index contributed by atoms with van der Waals surface area (Å²) in [4.78, 5) is 28.0. The maximum atomic E-state index is 12.4. The fourth-order valence-corrected chi connectivity index (χ4v) is 4.13. The van der Waals surface area contributed by atoms with Crippen molar-refractivity contribution in [3.05, 3.63) is 77.5 Å². The average Bonchev–Trinajstić information content (AvgIpc) is 3.33. The molecule has 4 rings (SSSR count). The monoisotopic (exact) mass is 508 g/mol. The number of rotatable bonds is 5. The van der Waals surface area contributed by atoms with E-state index in [1.165, 1.54) is 6.08 Å². The lowest BCUT2D eigenvalue weighted by Gasteiger charge is -2.36. The Bertz CT molecular complexity index is 1250. The van der Waals surface area contributed by atoms with Crippen LogP contribution < -0.4 is 15.5 Å². The molecule has 2 heterocycles. The van der Waals surface area contributed by atoms with Crippen molar-refractivity contribution < 1.29 is 14.0 Å². The quantitative estimate of drug-likeness (QED) is 0.381. The van der Waals surface area contributed by atoms with E-state index in [9.17, 15) is 9.59 Å². The molecule has 9 heteroatoms. The Morgan fingerprint density at radius 3 is 2.43 bits per heavy atom. The van der Waals surface area contributed by atoms with Gasteiger partial charge in [0.25, 0.3) is 0 Å². The van der Waals surface area contributed by atoms with E-state index < -0.39 is 0 Å². The van der Waals surface area contributed by atoms with E-state index in [1.807, 2.05) is 47.4 Å². The van der Waals surface area contributed by atoms with Crippen LogP contribution in [0.5, 0.6) is 0 Å². The van der Waals surface area contributed by atoms with Crippen molar-refractivity contribution in [1.29, 1.82) is 0 Å². The molecule has 2 aromatic carbocycles. The number of nitrogens with zero attached hydrogens (tertiary/aromatic N) is 2. The summed E-state index contributed by atoms with van der Waals surface area (Å²) in [6, 6.07) is 18.7. The summed E-state index contributed by atoms with van der Waals surface area (Å²) in [6.07, 6.45) is 2.95. The fourth-order valence-electron chi connectivity index (χ4n) is 3.79. The molecule has 1 fully saturated rings. The summed E-state index contributed by atoms with van der Waals surface area (Å²) in [5.41, 5.74) is 2.65. The van der Waals surface area contributed by atoms with Gasteiger partial charge in [-0.2, -0.15) is 0 Å². The molecule has 2 N–H and O–H groups in total. The topological polar surface area (TPSA) is 77.8 Å². The number of hydrogen-bond donors (Lipinski definition) is 2. The number of carbonyl (C=O) groups excluding carboxylic acids is 2. The van der Waals surface area contributed by atoms with Crippen molar-refractivity contribution in [2.45, 2.75) is 6.92 Å². The van der Waals surface area contributed by atoms with Gasteiger partial charge in [0.2, 0.25) is 11.8 Å². The van der Waals surface area contributed by atoms with E-state index in [0.29, 0.717) is 29.6 Å². The van der Waals surface area contributed by atoms with Crippen molar-refractivity contribution in [2.75, 3.05) is 36.4 Å². The Morgan fingerprint density at radius 2 is 1.71 bits per heavy atom. The average molecular weight is 509 g/mol. The molecule has 0 saturated carbocycles. The van der Waals surface area contributed by atoms with Crippen LogP contribution in [0.2, 0.25) is 5.02 Å². The summed E-state index contributed by atoms with van der Waals surface area (Å²) in [5.74, 6) is 0.932. The number of halogens is 1. The standard InChI is InChI=1S/C26H25ClN4O3S/c1-18(32)30-14-16-31(17-15-30)23-5-3-2-4-22(23)28-26(35)29-25(33)13-11-21-10-12-24(34-21)19-6-8-20(27)9-7-19/h2-13H,14-17H2,1H3,(H2,28,29,33,35)/b13-11+. The molecule has 0 spiro atoms. The second-order valence-electron chi connectivity index (χ2n) is 8.00. The molecule has 35 heavy (non-hydrogen) atoms. The number of carbonyl (C=O) groups is 2. The molecule has 1 saturated heterocycles. The van der Waals surface area contributed by atoms with Crippen LogP contribution in [0.1, 0.15) is 12.7 Å². The Hall–Kier alpha value is -3.62. The van der Waals surface area contributed by atoms with Crippen LogP contribution in [-0.2, 0) is 9.59 Å². The number of furan rings is 1. The Labute approximate surface area is 214 Å². The molecular weight excluding hydrogens is 484 g/mol. The Balaban J connectivity index is 1.33. The fraction of sp³-hybridized carbons (Fsp3) is 0.192. The van der Waals surface area contributed by atoms with Gasteiger partial charge in [0, 0.05) is 49.8 Å². The summed E-state index contributed by atoms with van der Waals surface area (Å²) < 4.78 is 5.78. The summed E-state index contributed by atoms with van der Waals surface area (Å²) in [7, 11) is 0. The van der Waals surface area contributed by atoms with Gasteiger partial charge in [0.05, 0.1) is 11.4 Å². The molecule has 0 aliphatic carbocycles. The van der Waals surface area contributed by atoms with E-state index in [-0.39, 0.29) is 16.9 Å². The first kappa shape index (κ1) is 24.5. The Kier molecular flexibility index (Phi) is 7.84. The smallest absolute Gasteiger partial charge is 0.250 e. The van der Waals surface area contributed by atoms with Crippen LogP contribution >= 0.6 is 23.8 Å². The molecule has 0 unspecified atom stereocenters. The van der Waals surface area contributed by atoms with Gasteiger partial charge in [0.1, 0.15) is 11.5 Å². The van der Waals surface area contributed by atoms with Crippen LogP contribution in [0.3, 0.4) is 0 Å². The highest BCUT2D eigenvalue weighted by Crippen LogP contribution is 2.27. The van der Waals surface area contributed by atoms with Crippen LogP contribution in [0, 0.1) is 0 Å². The van der Waals surface area contributed by atoms with Crippen molar-refractivity contribution in [2.24, 2.45) is 0 Å². The highest BCUT2D eigenvalue weighted by atomic mass is 35.5. The SMILES string of the molecule is CC(=O)N1CCN(c2ccccc2NC(=S)NC(=O)/C=C/c2ccc(-c3ccc(Cl)cc3)o2)CC1. The van der Waals surface area contributed by atoms with Gasteiger partial charge >= 0.3 is 0 Å². The number of benzene rings is 2. The van der Waals surface area contributed by atoms with E-state index >= 15 is 0 Å². The maximum Gasteiger partial charge on any atom is 0.250 e. The Morgan fingerprint density at radius 1 is 1.00 bits per heavy atom. The number of thiocarbonyl (C=S) groups is 1. The molecule has 0 bridgehead atoms. The molecule has 0 radical (unpaired) electrons. The third-order valence-corrected chi connectivity index (χ3v) is 6.07. The van der Waals surface area contributed by atoms with Crippen LogP contribution in [0.4, 0.5) is 11.4 Å².